The van der Waals surface area contributed by atoms with Crippen LogP contribution in [0.4, 0.5) is 0 Å². The van der Waals surface area contributed by atoms with Gasteiger partial charge in [0.1, 0.15) is 0 Å². The van der Waals surface area contributed by atoms with Crippen LogP contribution in [0.1, 0.15) is 0 Å². The summed E-state index contributed by atoms with van der Waals surface area (Å²) >= 11 is 1.82. The van der Waals surface area contributed by atoms with Crippen molar-refractivity contribution >= 4 is 43.2 Å². The molecule has 0 atom stereocenters. The van der Waals surface area contributed by atoms with E-state index >= 15 is 0 Å². The summed E-state index contributed by atoms with van der Waals surface area (Å²) in [5.41, 5.74) is 5.79. The van der Waals surface area contributed by atoms with Gasteiger partial charge in [0.2, 0.25) is 0 Å². The van der Waals surface area contributed by atoms with Gasteiger partial charge in [0, 0.05) is 32.9 Å². The molecule has 0 unspecified atom stereocenters. The van der Waals surface area contributed by atoms with Crippen LogP contribution in [0.3, 0.4) is 0 Å². The summed E-state index contributed by atoms with van der Waals surface area (Å²) in [6.07, 6.45) is 1.84. The molecule has 0 saturated carbocycles. The summed E-state index contributed by atoms with van der Waals surface area (Å²) in [4.78, 5) is 4.46. The Morgan fingerprint density at radius 2 is 1.57 bits per heavy atom. The van der Waals surface area contributed by atoms with Crippen molar-refractivity contribution < 1.29 is 0 Å². The van der Waals surface area contributed by atoms with Crippen LogP contribution >= 0.6 is 11.3 Å². The summed E-state index contributed by atoms with van der Waals surface area (Å²) in [7, 11) is 0. The first kappa shape index (κ1) is 15.6. The SMILES string of the molecule is c1ccc(-c2ccc(-n3c4ccccc4c4c5sccc5ccc43)cc2)nc1. The van der Waals surface area contributed by atoms with Gasteiger partial charge >= 0.3 is 0 Å². The van der Waals surface area contributed by atoms with E-state index in [1.165, 1.54) is 37.6 Å². The summed E-state index contributed by atoms with van der Waals surface area (Å²) in [6.45, 7) is 0. The van der Waals surface area contributed by atoms with E-state index in [0.717, 1.165) is 11.3 Å². The normalized spacial score (nSPS) is 11.6. The van der Waals surface area contributed by atoms with Gasteiger partial charge in [0.15, 0.2) is 0 Å². The van der Waals surface area contributed by atoms with E-state index in [9.17, 15) is 0 Å². The van der Waals surface area contributed by atoms with Gasteiger partial charge in [-0.05, 0) is 53.2 Å². The maximum absolute atomic E-state index is 4.46. The molecule has 2 nitrogen and oxygen atoms in total. The number of rotatable bonds is 2. The number of hydrogen-bond acceptors (Lipinski definition) is 2. The second kappa shape index (κ2) is 6.04. The molecule has 3 heteroatoms. The molecule has 0 radical (unpaired) electrons. The number of hydrogen-bond donors (Lipinski definition) is 0. The summed E-state index contributed by atoms with van der Waals surface area (Å²) in [5.74, 6) is 0. The number of pyridine rings is 1. The van der Waals surface area contributed by atoms with E-state index in [-0.39, 0.29) is 0 Å². The molecule has 0 bridgehead atoms. The van der Waals surface area contributed by atoms with Crippen LogP contribution in [0.15, 0.2) is 96.5 Å². The van der Waals surface area contributed by atoms with Crippen molar-refractivity contribution in [2.24, 2.45) is 0 Å². The number of nitrogens with zero attached hydrogens (tertiary/aromatic N) is 2. The Bertz CT molecular complexity index is 1440. The van der Waals surface area contributed by atoms with Crippen LogP contribution in [0.2, 0.25) is 0 Å². The molecule has 3 aromatic heterocycles. The highest BCUT2D eigenvalue weighted by Crippen LogP contribution is 2.38. The zero-order valence-electron chi connectivity index (χ0n) is 15.0. The fourth-order valence-corrected chi connectivity index (χ4v) is 5.03. The van der Waals surface area contributed by atoms with Gasteiger partial charge in [0.05, 0.1) is 16.7 Å². The maximum Gasteiger partial charge on any atom is 0.0701 e. The van der Waals surface area contributed by atoms with Gasteiger partial charge in [-0.1, -0.05) is 42.5 Å². The quantitative estimate of drug-likeness (QED) is 0.316. The standard InChI is InChI=1S/C25H16N2S/c1-2-7-22-20(5-1)24-23(13-10-18-14-16-28-25(18)24)27(22)19-11-8-17(9-12-19)21-6-3-4-15-26-21/h1-16H. The molecule has 3 aromatic carbocycles. The van der Waals surface area contributed by atoms with E-state index in [1.54, 1.807) is 0 Å². The second-order valence-electron chi connectivity index (χ2n) is 6.91. The summed E-state index contributed by atoms with van der Waals surface area (Å²) < 4.78 is 3.73. The van der Waals surface area contributed by atoms with Crippen molar-refractivity contribution in [3.05, 3.63) is 96.5 Å². The zero-order chi connectivity index (χ0) is 18.5. The molecule has 0 amide bonds. The lowest BCUT2D eigenvalue weighted by atomic mass is 10.1. The Kier molecular flexibility index (Phi) is 3.37. The zero-order valence-corrected chi connectivity index (χ0v) is 15.9. The van der Waals surface area contributed by atoms with Crippen LogP contribution in [0, 0.1) is 0 Å². The highest BCUT2D eigenvalue weighted by Gasteiger charge is 2.15. The Balaban J connectivity index is 1.63. The largest absolute Gasteiger partial charge is 0.309 e. The lowest BCUT2D eigenvalue weighted by molar-refractivity contribution is 1.18. The molecule has 28 heavy (non-hydrogen) atoms. The average molecular weight is 376 g/mol. The molecule has 6 rings (SSSR count). The molecule has 0 aliphatic rings. The molecule has 0 aliphatic carbocycles. The maximum atomic E-state index is 4.46. The monoisotopic (exact) mass is 376 g/mol. The van der Waals surface area contributed by atoms with Crippen LogP contribution in [-0.4, -0.2) is 9.55 Å². The van der Waals surface area contributed by atoms with E-state index in [1.807, 2.05) is 35.7 Å². The molecule has 0 fully saturated rings. The van der Waals surface area contributed by atoms with Crippen molar-refractivity contribution in [3.8, 4) is 16.9 Å². The molecule has 6 aromatic rings. The molecule has 132 valence electrons. The van der Waals surface area contributed by atoms with E-state index in [2.05, 4.69) is 81.7 Å². The third kappa shape index (κ3) is 2.23. The van der Waals surface area contributed by atoms with Crippen molar-refractivity contribution in [1.82, 2.24) is 9.55 Å². The Labute approximate surface area is 166 Å². The Morgan fingerprint density at radius 3 is 2.43 bits per heavy atom. The molecule has 0 saturated heterocycles. The van der Waals surface area contributed by atoms with E-state index in [4.69, 9.17) is 0 Å². The average Bonchev–Trinajstić information content (AvgIpc) is 3.36. The predicted octanol–water partition coefficient (Wildman–Crippen LogP) is 7.06. The van der Waals surface area contributed by atoms with Gasteiger partial charge in [-0.2, -0.15) is 0 Å². The minimum Gasteiger partial charge on any atom is -0.309 e. The number of benzene rings is 3. The first-order valence-electron chi connectivity index (χ1n) is 9.31. The van der Waals surface area contributed by atoms with Crippen molar-refractivity contribution in [3.63, 3.8) is 0 Å². The lowest BCUT2D eigenvalue weighted by Crippen LogP contribution is -1.93. The highest BCUT2D eigenvalue weighted by molar-refractivity contribution is 7.18. The van der Waals surface area contributed by atoms with Gasteiger partial charge in [-0.15, -0.1) is 11.3 Å². The number of thiophene rings is 1. The third-order valence-corrected chi connectivity index (χ3v) is 6.29. The topological polar surface area (TPSA) is 17.8 Å². The number of fused-ring (bicyclic) bond motifs is 5. The molecule has 0 N–H and O–H groups in total. The summed E-state index contributed by atoms with van der Waals surface area (Å²) in [6, 6.07) is 30.1. The molecular weight excluding hydrogens is 360 g/mol. The smallest absolute Gasteiger partial charge is 0.0701 e. The first-order valence-corrected chi connectivity index (χ1v) is 10.2. The van der Waals surface area contributed by atoms with Gasteiger partial charge in [-0.3, -0.25) is 4.98 Å². The van der Waals surface area contributed by atoms with Gasteiger partial charge in [-0.25, -0.2) is 0 Å². The van der Waals surface area contributed by atoms with Gasteiger partial charge < -0.3 is 4.57 Å². The van der Waals surface area contributed by atoms with Crippen molar-refractivity contribution in [1.29, 1.82) is 0 Å². The van der Waals surface area contributed by atoms with E-state index in [0.29, 0.717) is 0 Å². The van der Waals surface area contributed by atoms with Crippen LogP contribution in [0.5, 0.6) is 0 Å². The second-order valence-corrected chi connectivity index (χ2v) is 7.83. The molecule has 0 aliphatic heterocycles. The van der Waals surface area contributed by atoms with Crippen LogP contribution < -0.4 is 0 Å². The molecule has 0 spiro atoms. The van der Waals surface area contributed by atoms with Gasteiger partial charge in [0.25, 0.3) is 0 Å². The Hall–Kier alpha value is -3.43. The van der Waals surface area contributed by atoms with Crippen LogP contribution in [-0.2, 0) is 0 Å². The summed E-state index contributed by atoms with van der Waals surface area (Å²) in [5, 5.41) is 6.14. The first-order chi connectivity index (χ1) is 13.9. The van der Waals surface area contributed by atoms with Crippen molar-refractivity contribution in [2.75, 3.05) is 0 Å². The number of aromatic nitrogens is 2. The van der Waals surface area contributed by atoms with E-state index < -0.39 is 0 Å². The Morgan fingerprint density at radius 1 is 0.714 bits per heavy atom. The fraction of sp³-hybridized carbons (Fsp3) is 0. The minimum atomic E-state index is 0.997. The lowest BCUT2D eigenvalue weighted by Gasteiger charge is -2.09. The highest BCUT2D eigenvalue weighted by atomic mass is 32.1. The molecular formula is C25H16N2S. The third-order valence-electron chi connectivity index (χ3n) is 5.34. The van der Waals surface area contributed by atoms with Crippen molar-refractivity contribution in [2.45, 2.75) is 0 Å². The molecule has 3 heterocycles. The minimum absolute atomic E-state index is 0.997. The number of para-hydroxylation sites is 1. The van der Waals surface area contributed by atoms with Crippen LogP contribution in [0.25, 0.3) is 48.8 Å². The fourth-order valence-electron chi connectivity index (χ4n) is 4.07. The predicted molar refractivity (Wildman–Crippen MR) is 119 cm³/mol.